The van der Waals surface area contributed by atoms with Crippen LogP contribution in [0.15, 0.2) is 24.3 Å². The number of hydrogen-bond donors (Lipinski definition) is 2. The molecular formula is C10H14N2O. The molecule has 1 rings (SSSR count). The molecule has 0 saturated heterocycles. The van der Waals surface area contributed by atoms with E-state index in [1.54, 1.807) is 0 Å². The number of nitrogens with two attached hydrogens (primary N) is 2. The van der Waals surface area contributed by atoms with E-state index >= 15 is 0 Å². The number of rotatable bonds is 3. The van der Waals surface area contributed by atoms with Crippen LogP contribution in [0.2, 0.25) is 0 Å². The van der Waals surface area contributed by atoms with Gasteiger partial charge in [0.05, 0.1) is 6.04 Å². The average Bonchev–Trinajstić information content (AvgIpc) is 2.04. The van der Waals surface area contributed by atoms with Crippen molar-refractivity contribution in [2.24, 2.45) is 11.5 Å². The van der Waals surface area contributed by atoms with Crippen LogP contribution in [-0.2, 0) is 11.2 Å². The van der Waals surface area contributed by atoms with Gasteiger partial charge in [-0.25, -0.2) is 0 Å². The molecule has 0 fully saturated rings. The van der Waals surface area contributed by atoms with Crippen molar-refractivity contribution < 1.29 is 4.79 Å². The van der Waals surface area contributed by atoms with Gasteiger partial charge in [-0.05, 0) is 18.9 Å². The summed E-state index contributed by atoms with van der Waals surface area (Å²) >= 11 is 0. The fourth-order valence-electron chi connectivity index (χ4n) is 1.19. The first-order valence-corrected chi connectivity index (χ1v) is 4.20. The van der Waals surface area contributed by atoms with Crippen LogP contribution in [0.3, 0.4) is 0 Å². The smallest absolute Gasteiger partial charge is 0.234 e. The van der Waals surface area contributed by atoms with Gasteiger partial charge in [0.2, 0.25) is 5.91 Å². The quantitative estimate of drug-likeness (QED) is 0.701. The summed E-state index contributed by atoms with van der Waals surface area (Å²) < 4.78 is 0. The highest BCUT2D eigenvalue weighted by molar-refractivity contribution is 5.79. The molecule has 0 bridgehead atoms. The summed E-state index contributed by atoms with van der Waals surface area (Å²) in [5, 5.41) is 0. The van der Waals surface area contributed by atoms with Gasteiger partial charge < -0.3 is 11.5 Å². The third kappa shape index (κ3) is 2.87. The Morgan fingerprint density at radius 1 is 1.54 bits per heavy atom. The predicted molar refractivity (Wildman–Crippen MR) is 52.1 cm³/mol. The summed E-state index contributed by atoms with van der Waals surface area (Å²) in [5.74, 6) is -0.457. The SMILES string of the molecule is Cc1cccc(C[C@H](N)C(N)=O)c1. The molecule has 1 atom stereocenters. The van der Waals surface area contributed by atoms with E-state index in [4.69, 9.17) is 11.5 Å². The monoisotopic (exact) mass is 178 g/mol. The lowest BCUT2D eigenvalue weighted by Crippen LogP contribution is -2.38. The van der Waals surface area contributed by atoms with Gasteiger partial charge >= 0.3 is 0 Å². The van der Waals surface area contributed by atoms with Gasteiger partial charge in [-0.2, -0.15) is 0 Å². The summed E-state index contributed by atoms with van der Waals surface area (Å²) in [6, 6.07) is 7.30. The minimum absolute atomic E-state index is 0.457. The van der Waals surface area contributed by atoms with Crippen molar-refractivity contribution in [2.45, 2.75) is 19.4 Å². The fraction of sp³-hybridized carbons (Fsp3) is 0.300. The number of primary amides is 1. The van der Waals surface area contributed by atoms with Gasteiger partial charge in [0.1, 0.15) is 0 Å². The molecule has 70 valence electrons. The molecule has 0 spiro atoms. The highest BCUT2D eigenvalue weighted by atomic mass is 16.1. The molecule has 3 nitrogen and oxygen atoms in total. The fourth-order valence-corrected chi connectivity index (χ4v) is 1.19. The van der Waals surface area contributed by atoms with E-state index in [9.17, 15) is 4.79 Å². The molecule has 1 aromatic rings. The Hall–Kier alpha value is -1.35. The summed E-state index contributed by atoms with van der Waals surface area (Å²) in [7, 11) is 0. The van der Waals surface area contributed by atoms with Crippen molar-refractivity contribution in [3.8, 4) is 0 Å². The summed E-state index contributed by atoms with van der Waals surface area (Å²) in [5.41, 5.74) is 12.8. The second kappa shape index (κ2) is 4.05. The Balaban J connectivity index is 2.69. The van der Waals surface area contributed by atoms with Crippen LogP contribution in [0.4, 0.5) is 0 Å². The van der Waals surface area contributed by atoms with Gasteiger partial charge in [0.25, 0.3) is 0 Å². The van der Waals surface area contributed by atoms with Gasteiger partial charge in [0.15, 0.2) is 0 Å². The first-order chi connectivity index (χ1) is 6.09. The topological polar surface area (TPSA) is 69.1 Å². The van der Waals surface area contributed by atoms with E-state index in [2.05, 4.69) is 0 Å². The Labute approximate surface area is 77.7 Å². The molecule has 13 heavy (non-hydrogen) atoms. The molecule has 0 aliphatic carbocycles. The van der Waals surface area contributed by atoms with Crippen molar-refractivity contribution in [1.82, 2.24) is 0 Å². The van der Waals surface area contributed by atoms with E-state index in [0.29, 0.717) is 6.42 Å². The van der Waals surface area contributed by atoms with Crippen molar-refractivity contribution in [1.29, 1.82) is 0 Å². The molecule has 1 aromatic carbocycles. The molecule has 0 heterocycles. The van der Waals surface area contributed by atoms with Crippen LogP contribution in [0, 0.1) is 6.92 Å². The van der Waals surface area contributed by atoms with Crippen molar-refractivity contribution >= 4 is 5.91 Å². The maximum Gasteiger partial charge on any atom is 0.234 e. The van der Waals surface area contributed by atoms with Crippen molar-refractivity contribution in [3.63, 3.8) is 0 Å². The number of amides is 1. The Morgan fingerprint density at radius 3 is 2.77 bits per heavy atom. The summed E-state index contributed by atoms with van der Waals surface area (Å²) in [6.45, 7) is 2.00. The molecular weight excluding hydrogens is 164 g/mol. The normalized spacial score (nSPS) is 12.5. The van der Waals surface area contributed by atoms with E-state index < -0.39 is 11.9 Å². The number of hydrogen-bond acceptors (Lipinski definition) is 2. The standard InChI is InChI=1S/C10H14N2O/c1-7-3-2-4-8(5-7)6-9(11)10(12)13/h2-5,9H,6,11H2,1H3,(H2,12,13)/t9-/m0/s1. The summed E-state index contributed by atoms with van der Waals surface area (Å²) in [6.07, 6.45) is 0.511. The van der Waals surface area contributed by atoms with Crippen LogP contribution < -0.4 is 11.5 Å². The van der Waals surface area contributed by atoms with Crippen LogP contribution >= 0.6 is 0 Å². The Morgan fingerprint density at radius 2 is 2.23 bits per heavy atom. The summed E-state index contributed by atoms with van der Waals surface area (Å²) in [4.78, 5) is 10.7. The highest BCUT2D eigenvalue weighted by Gasteiger charge is 2.09. The number of benzene rings is 1. The maximum absolute atomic E-state index is 10.7. The van der Waals surface area contributed by atoms with Crippen LogP contribution in [0.1, 0.15) is 11.1 Å². The zero-order valence-electron chi connectivity index (χ0n) is 7.66. The van der Waals surface area contributed by atoms with Gasteiger partial charge in [0, 0.05) is 0 Å². The molecule has 0 radical (unpaired) electrons. The maximum atomic E-state index is 10.7. The van der Waals surface area contributed by atoms with Gasteiger partial charge in [-0.3, -0.25) is 4.79 Å². The first-order valence-electron chi connectivity index (χ1n) is 4.20. The lowest BCUT2D eigenvalue weighted by Gasteiger charge is -2.07. The minimum atomic E-state index is -0.582. The number of carbonyl (C=O) groups is 1. The molecule has 0 aromatic heterocycles. The molecule has 4 N–H and O–H groups in total. The Bertz CT molecular complexity index is 310. The molecule has 0 unspecified atom stereocenters. The zero-order valence-corrected chi connectivity index (χ0v) is 7.66. The number of aryl methyl sites for hydroxylation is 1. The second-order valence-electron chi connectivity index (χ2n) is 3.20. The molecule has 0 aliphatic heterocycles. The van der Waals surface area contributed by atoms with Crippen molar-refractivity contribution in [3.05, 3.63) is 35.4 Å². The van der Waals surface area contributed by atoms with Crippen molar-refractivity contribution in [2.75, 3.05) is 0 Å². The highest BCUT2D eigenvalue weighted by Crippen LogP contribution is 2.05. The van der Waals surface area contributed by atoms with E-state index in [-0.39, 0.29) is 0 Å². The number of carbonyl (C=O) groups excluding carboxylic acids is 1. The van der Waals surface area contributed by atoms with Gasteiger partial charge in [-0.1, -0.05) is 29.8 Å². The Kier molecular flexibility index (Phi) is 3.03. The van der Waals surface area contributed by atoms with Gasteiger partial charge in [-0.15, -0.1) is 0 Å². The average molecular weight is 178 g/mol. The van der Waals surface area contributed by atoms with Crippen LogP contribution in [0.5, 0.6) is 0 Å². The van der Waals surface area contributed by atoms with E-state index in [1.807, 2.05) is 31.2 Å². The van der Waals surface area contributed by atoms with Crippen LogP contribution in [-0.4, -0.2) is 11.9 Å². The lowest BCUT2D eigenvalue weighted by atomic mass is 10.0. The third-order valence-corrected chi connectivity index (χ3v) is 1.90. The predicted octanol–water partition coefficient (Wildman–Crippen LogP) is 0.350. The molecule has 0 aliphatic rings. The zero-order chi connectivity index (χ0) is 9.84. The van der Waals surface area contributed by atoms with E-state index in [1.165, 1.54) is 0 Å². The lowest BCUT2D eigenvalue weighted by molar-refractivity contribution is -0.119. The first kappa shape index (κ1) is 9.74. The molecule has 1 amide bonds. The molecule has 3 heteroatoms. The van der Waals surface area contributed by atoms with Crippen LogP contribution in [0.25, 0.3) is 0 Å². The third-order valence-electron chi connectivity index (χ3n) is 1.90. The van der Waals surface area contributed by atoms with E-state index in [0.717, 1.165) is 11.1 Å². The molecule has 0 saturated carbocycles. The second-order valence-corrected chi connectivity index (χ2v) is 3.20. The minimum Gasteiger partial charge on any atom is -0.368 e. The largest absolute Gasteiger partial charge is 0.368 e.